The summed E-state index contributed by atoms with van der Waals surface area (Å²) < 4.78 is 0.478. The third-order valence-electron chi connectivity index (χ3n) is 3.15. The van der Waals surface area contributed by atoms with Crippen molar-refractivity contribution in [3.8, 4) is 0 Å². The first-order valence-electron chi connectivity index (χ1n) is 6.92. The van der Waals surface area contributed by atoms with Gasteiger partial charge in [0, 0.05) is 23.2 Å². The summed E-state index contributed by atoms with van der Waals surface area (Å²) in [7, 11) is 1.86. The molecule has 0 saturated carbocycles. The van der Waals surface area contributed by atoms with Crippen molar-refractivity contribution in [1.82, 2.24) is 4.90 Å². The number of nitro groups is 1. The topological polar surface area (TPSA) is 75.5 Å². The van der Waals surface area contributed by atoms with Crippen LogP contribution in [0.1, 0.15) is 5.56 Å². The zero-order valence-corrected chi connectivity index (χ0v) is 14.1. The minimum atomic E-state index is -0.482. The van der Waals surface area contributed by atoms with Gasteiger partial charge < -0.3 is 5.32 Å². The van der Waals surface area contributed by atoms with Gasteiger partial charge in [-0.25, -0.2) is 0 Å². The van der Waals surface area contributed by atoms with Crippen LogP contribution in [0.3, 0.4) is 0 Å². The maximum atomic E-state index is 12.1. The molecule has 0 radical (unpaired) electrons. The number of rotatable bonds is 6. The zero-order valence-electron chi connectivity index (χ0n) is 12.5. The van der Waals surface area contributed by atoms with Crippen LogP contribution < -0.4 is 5.32 Å². The molecule has 0 heterocycles. The largest absolute Gasteiger partial charge is 0.324 e. The summed E-state index contributed by atoms with van der Waals surface area (Å²) in [6.07, 6.45) is 0. The smallest absolute Gasteiger partial charge is 0.270 e. The average molecular weight is 378 g/mol. The van der Waals surface area contributed by atoms with Gasteiger partial charge in [0.1, 0.15) is 0 Å². The number of nitrogens with zero attached hydrogens (tertiary/aromatic N) is 2. The van der Waals surface area contributed by atoms with Crippen LogP contribution in [0.4, 0.5) is 11.4 Å². The van der Waals surface area contributed by atoms with E-state index in [2.05, 4.69) is 21.2 Å². The van der Waals surface area contributed by atoms with Crippen molar-refractivity contribution in [2.45, 2.75) is 6.54 Å². The predicted octanol–water partition coefficient (Wildman–Crippen LogP) is 3.43. The molecule has 0 bridgehead atoms. The molecule has 0 spiro atoms. The van der Waals surface area contributed by atoms with Gasteiger partial charge in [0.15, 0.2) is 0 Å². The molecule has 0 aromatic heterocycles. The van der Waals surface area contributed by atoms with E-state index in [9.17, 15) is 14.9 Å². The Morgan fingerprint density at radius 2 is 1.96 bits per heavy atom. The van der Waals surface area contributed by atoms with Crippen molar-refractivity contribution in [2.75, 3.05) is 18.9 Å². The molecular formula is C16H16BrN3O3. The van der Waals surface area contributed by atoms with Gasteiger partial charge in [-0.05, 0) is 34.6 Å². The highest BCUT2D eigenvalue weighted by molar-refractivity contribution is 9.10. The Hall–Kier alpha value is -2.25. The Labute approximate surface area is 142 Å². The highest BCUT2D eigenvalue weighted by atomic mass is 79.9. The maximum Gasteiger partial charge on any atom is 0.270 e. The fourth-order valence-electron chi connectivity index (χ4n) is 2.10. The number of non-ortho nitro benzene ring substituents is 1. The molecule has 6 nitrogen and oxygen atoms in total. The van der Waals surface area contributed by atoms with E-state index in [0.29, 0.717) is 16.7 Å². The van der Waals surface area contributed by atoms with Gasteiger partial charge in [-0.15, -0.1) is 0 Å². The van der Waals surface area contributed by atoms with E-state index in [1.165, 1.54) is 18.2 Å². The molecule has 1 amide bonds. The summed E-state index contributed by atoms with van der Waals surface area (Å²) in [4.78, 5) is 24.2. The number of hydrogen-bond donors (Lipinski definition) is 1. The van der Waals surface area contributed by atoms with E-state index < -0.39 is 4.92 Å². The second-order valence-electron chi connectivity index (χ2n) is 5.13. The first-order chi connectivity index (χ1) is 11.0. The van der Waals surface area contributed by atoms with Crippen LogP contribution in [0.25, 0.3) is 0 Å². The van der Waals surface area contributed by atoms with Crippen molar-refractivity contribution in [3.05, 3.63) is 68.7 Å². The Bertz CT molecular complexity index is 707. The lowest BCUT2D eigenvalue weighted by atomic mass is 10.2. The molecule has 1 N–H and O–H groups in total. The molecule has 2 aromatic rings. The van der Waals surface area contributed by atoms with Crippen molar-refractivity contribution in [1.29, 1.82) is 0 Å². The molecule has 0 atom stereocenters. The molecule has 7 heteroatoms. The molecule has 0 fully saturated rings. The minimum Gasteiger partial charge on any atom is -0.324 e. The van der Waals surface area contributed by atoms with E-state index in [1.54, 1.807) is 0 Å². The quantitative estimate of drug-likeness (QED) is 0.617. The van der Waals surface area contributed by atoms with Gasteiger partial charge >= 0.3 is 0 Å². The van der Waals surface area contributed by atoms with Gasteiger partial charge in [-0.2, -0.15) is 0 Å². The second kappa shape index (κ2) is 7.85. The summed E-state index contributed by atoms with van der Waals surface area (Å²) >= 11 is 3.23. The van der Waals surface area contributed by atoms with Crippen LogP contribution in [0.5, 0.6) is 0 Å². The van der Waals surface area contributed by atoms with Crippen LogP contribution in [-0.2, 0) is 11.3 Å². The molecular weight excluding hydrogens is 362 g/mol. The molecule has 2 aromatic carbocycles. The molecule has 0 aliphatic rings. The number of amides is 1. The zero-order chi connectivity index (χ0) is 16.8. The molecule has 23 heavy (non-hydrogen) atoms. The molecule has 0 aliphatic heterocycles. The van der Waals surface area contributed by atoms with Crippen molar-refractivity contribution >= 4 is 33.2 Å². The molecule has 2 rings (SSSR count). The Morgan fingerprint density at radius 1 is 1.26 bits per heavy atom. The first-order valence-corrected chi connectivity index (χ1v) is 7.71. The van der Waals surface area contributed by atoms with Crippen LogP contribution >= 0.6 is 15.9 Å². The highest BCUT2D eigenvalue weighted by Crippen LogP contribution is 2.27. The van der Waals surface area contributed by atoms with Crippen molar-refractivity contribution in [3.63, 3.8) is 0 Å². The van der Waals surface area contributed by atoms with Crippen molar-refractivity contribution < 1.29 is 9.72 Å². The lowest BCUT2D eigenvalue weighted by Gasteiger charge is -2.16. The number of nitro benzene ring substituents is 1. The standard InChI is InChI=1S/C16H16BrN3O3/c1-19(10-12-5-3-2-4-6-12)11-16(21)18-15-8-7-13(20(22)23)9-14(15)17/h2-9H,10-11H2,1H3,(H,18,21). The Kier molecular flexibility index (Phi) is 5.84. The number of likely N-dealkylation sites (N-methyl/N-ethyl adjacent to an activating group) is 1. The van der Waals surface area contributed by atoms with Gasteiger partial charge in [0.2, 0.25) is 5.91 Å². The summed E-state index contributed by atoms with van der Waals surface area (Å²) in [5, 5.41) is 13.4. The first kappa shape index (κ1) is 17.1. The summed E-state index contributed by atoms with van der Waals surface area (Å²) in [5.74, 6) is -0.182. The summed E-state index contributed by atoms with van der Waals surface area (Å²) in [6.45, 7) is 0.883. The monoisotopic (exact) mass is 377 g/mol. The number of nitrogens with one attached hydrogen (secondary N) is 1. The SMILES string of the molecule is CN(CC(=O)Nc1ccc([N+](=O)[O-])cc1Br)Cc1ccccc1. The van der Waals surface area contributed by atoms with Crippen LogP contribution in [-0.4, -0.2) is 29.3 Å². The Balaban J connectivity index is 1.93. The van der Waals surface area contributed by atoms with Gasteiger partial charge in [0.05, 0.1) is 17.2 Å². The van der Waals surface area contributed by atoms with E-state index in [-0.39, 0.29) is 18.1 Å². The number of carbonyl (C=O) groups is 1. The minimum absolute atomic E-state index is 0.0314. The summed E-state index contributed by atoms with van der Waals surface area (Å²) in [5.41, 5.74) is 1.60. The normalized spacial score (nSPS) is 10.6. The third kappa shape index (κ3) is 5.15. The number of carbonyl (C=O) groups excluding carboxylic acids is 1. The fourth-order valence-corrected chi connectivity index (χ4v) is 2.57. The lowest BCUT2D eigenvalue weighted by molar-refractivity contribution is -0.384. The molecule has 120 valence electrons. The second-order valence-corrected chi connectivity index (χ2v) is 5.98. The number of anilines is 1. The summed E-state index contributed by atoms with van der Waals surface area (Å²) in [6, 6.07) is 14.1. The number of halogens is 1. The fraction of sp³-hybridized carbons (Fsp3) is 0.188. The van der Waals surface area contributed by atoms with E-state index in [4.69, 9.17) is 0 Å². The highest BCUT2D eigenvalue weighted by Gasteiger charge is 2.12. The van der Waals surface area contributed by atoms with Gasteiger partial charge in [-0.3, -0.25) is 19.8 Å². The van der Waals surface area contributed by atoms with Crippen molar-refractivity contribution in [2.24, 2.45) is 0 Å². The maximum absolute atomic E-state index is 12.1. The predicted molar refractivity (Wildman–Crippen MR) is 92.2 cm³/mol. The van der Waals surface area contributed by atoms with Crippen LogP contribution in [0, 0.1) is 10.1 Å². The Morgan fingerprint density at radius 3 is 2.57 bits per heavy atom. The van der Waals surface area contributed by atoms with Gasteiger partial charge in [0.25, 0.3) is 5.69 Å². The molecule has 0 unspecified atom stereocenters. The number of hydrogen-bond acceptors (Lipinski definition) is 4. The third-order valence-corrected chi connectivity index (χ3v) is 3.80. The molecule has 0 aliphatic carbocycles. The van der Waals surface area contributed by atoms with E-state index in [0.717, 1.165) is 5.56 Å². The molecule has 0 saturated heterocycles. The number of benzene rings is 2. The average Bonchev–Trinajstić information content (AvgIpc) is 2.49. The van der Waals surface area contributed by atoms with Crippen LogP contribution in [0.15, 0.2) is 53.0 Å². The van der Waals surface area contributed by atoms with E-state index in [1.807, 2.05) is 42.3 Å². The van der Waals surface area contributed by atoms with Crippen LogP contribution in [0.2, 0.25) is 0 Å². The van der Waals surface area contributed by atoms with Gasteiger partial charge in [-0.1, -0.05) is 30.3 Å². The lowest BCUT2D eigenvalue weighted by Crippen LogP contribution is -2.29. The van der Waals surface area contributed by atoms with E-state index >= 15 is 0 Å².